The number of anilines is 1. The lowest BCUT2D eigenvalue weighted by atomic mass is 10.2. The van der Waals surface area contributed by atoms with Crippen LogP contribution in [0.15, 0.2) is 6.20 Å². The van der Waals surface area contributed by atoms with Gasteiger partial charge in [0.2, 0.25) is 0 Å². The van der Waals surface area contributed by atoms with E-state index in [1.54, 1.807) is 10.9 Å². The molecule has 1 saturated carbocycles. The van der Waals surface area contributed by atoms with E-state index in [1.807, 2.05) is 11.8 Å². The van der Waals surface area contributed by atoms with Gasteiger partial charge in [-0.15, -0.1) is 0 Å². The Morgan fingerprint density at radius 3 is 2.83 bits per heavy atom. The summed E-state index contributed by atoms with van der Waals surface area (Å²) in [6.07, 6.45) is 5.95. The molecule has 100 valence electrons. The lowest BCUT2D eigenvalue weighted by molar-refractivity contribution is 0.0729. The van der Waals surface area contributed by atoms with Gasteiger partial charge in [0, 0.05) is 19.1 Å². The van der Waals surface area contributed by atoms with Crippen molar-refractivity contribution < 1.29 is 4.79 Å². The molecular weight excluding hydrogens is 228 g/mol. The normalized spacial score (nSPS) is 14.8. The van der Waals surface area contributed by atoms with Gasteiger partial charge in [0.1, 0.15) is 5.69 Å². The van der Waals surface area contributed by atoms with E-state index in [9.17, 15) is 4.79 Å². The van der Waals surface area contributed by atoms with Crippen molar-refractivity contribution in [1.29, 1.82) is 0 Å². The molecule has 0 aromatic carbocycles. The second kappa shape index (κ2) is 5.42. The summed E-state index contributed by atoms with van der Waals surface area (Å²) in [4.78, 5) is 14.6. The number of nitrogen functional groups attached to an aromatic ring is 1. The van der Waals surface area contributed by atoms with Gasteiger partial charge in [-0.3, -0.25) is 9.48 Å². The predicted octanol–water partition coefficient (Wildman–Crippen LogP) is 1.89. The molecule has 0 radical (unpaired) electrons. The molecular formula is C13H22N4O. The fourth-order valence-electron chi connectivity index (χ4n) is 2.17. The summed E-state index contributed by atoms with van der Waals surface area (Å²) in [6.45, 7) is 5.61. The fourth-order valence-corrected chi connectivity index (χ4v) is 2.17. The SMILES string of the molecule is CCCCN(C(=O)c1c(N)cnn1CC)C1CC1. The number of aromatic nitrogens is 2. The Morgan fingerprint density at radius 2 is 2.28 bits per heavy atom. The maximum Gasteiger partial charge on any atom is 0.274 e. The average Bonchev–Trinajstić information content (AvgIpc) is 3.12. The lowest BCUT2D eigenvalue weighted by Gasteiger charge is -2.22. The molecule has 1 heterocycles. The smallest absolute Gasteiger partial charge is 0.274 e. The molecule has 0 atom stereocenters. The second-order valence-electron chi connectivity index (χ2n) is 4.85. The number of aryl methyl sites for hydroxylation is 1. The first-order chi connectivity index (χ1) is 8.69. The van der Waals surface area contributed by atoms with Crippen LogP contribution in [-0.2, 0) is 6.54 Å². The van der Waals surface area contributed by atoms with E-state index in [2.05, 4.69) is 12.0 Å². The highest BCUT2D eigenvalue weighted by molar-refractivity contribution is 5.97. The maximum absolute atomic E-state index is 12.6. The summed E-state index contributed by atoms with van der Waals surface area (Å²) in [7, 11) is 0. The van der Waals surface area contributed by atoms with Crippen molar-refractivity contribution in [3.8, 4) is 0 Å². The number of carbonyl (C=O) groups excluding carboxylic acids is 1. The van der Waals surface area contributed by atoms with Crippen molar-refractivity contribution in [2.24, 2.45) is 0 Å². The van der Waals surface area contributed by atoms with Gasteiger partial charge in [0.05, 0.1) is 11.9 Å². The Hall–Kier alpha value is -1.52. The molecule has 1 aliphatic rings. The van der Waals surface area contributed by atoms with E-state index in [-0.39, 0.29) is 5.91 Å². The highest BCUT2D eigenvalue weighted by Crippen LogP contribution is 2.29. The van der Waals surface area contributed by atoms with Crippen LogP contribution in [0.3, 0.4) is 0 Å². The van der Waals surface area contributed by atoms with Crippen LogP contribution in [0.4, 0.5) is 5.69 Å². The third kappa shape index (κ3) is 2.49. The molecule has 1 aliphatic carbocycles. The van der Waals surface area contributed by atoms with Crippen LogP contribution in [0.1, 0.15) is 50.0 Å². The molecule has 1 fully saturated rings. The van der Waals surface area contributed by atoms with E-state index >= 15 is 0 Å². The first-order valence-electron chi connectivity index (χ1n) is 6.81. The number of amides is 1. The molecule has 0 bridgehead atoms. The predicted molar refractivity (Wildman–Crippen MR) is 71.3 cm³/mol. The van der Waals surface area contributed by atoms with Crippen LogP contribution >= 0.6 is 0 Å². The molecule has 0 aliphatic heterocycles. The third-order valence-corrected chi connectivity index (χ3v) is 3.37. The molecule has 1 amide bonds. The Kier molecular flexibility index (Phi) is 3.89. The zero-order chi connectivity index (χ0) is 13.1. The van der Waals surface area contributed by atoms with E-state index < -0.39 is 0 Å². The molecule has 0 saturated heterocycles. The van der Waals surface area contributed by atoms with Gasteiger partial charge in [-0.05, 0) is 26.2 Å². The van der Waals surface area contributed by atoms with Crippen LogP contribution in [-0.4, -0.2) is 33.2 Å². The standard InChI is InChI=1S/C13H22N4O/c1-3-5-8-16(10-6-7-10)13(18)12-11(14)9-15-17(12)4-2/h9-10H,3-8,14H2,1-2H3. The van der Waals surface area contributed by atoms with Crippen molar-refractivity contribution in [2.75, 3.05) is 12.3 Å². The Bertz CT molecular complexity index is 423. The Balaban J connectivity index is 2.18. The minimum Gasteiger partial charge on any atom is -0.396 e. The first-order valence-corrected chi connectivity index (χ1v) is 6.81. The zero-order valence-electron chi connectivity index (χ0n) is 11.2. The highest BCUT2D eigenvalue weighted by Gasteiger charge is 2.34. The molecule has 0 unspecified atom stereocenters. The average molecular weight is 250 g/mol. The number of rotatable bonds is 6. The third-order valence-electron chi connectivity index (χ3n) is 3.37. The summed E-state index contributed by atoms with van der Waals surface area (Å²) in [5, 5.41) is 4.14. The minimum atomic E-state index is 0.0443. The molecule has 5 nitrogen and oxygen atoms in total. The molecule has 0 spiro atoms. The minimum absolute atomic E-state index is 0.0443. The number of carbonyl (C=O) groups is 1. The van der Waals surface area contributed by atoms with Crippen molar-refractivity contribution in [2.45, 2.75) is 52.1 Å². The summed E-state index contributed by atoms with van der Waals surface area (Å²) in [5.41, 5.74) is 6.92. The second-order valence-corrected chi connectivity index (χ2v) is 4.85. The van der Waals surface area contributed by atoms with Gasteiger partial charge >= 0.3 is 0 Å². The van der Waals surface area contributed by atoms with Crippen molar-refractivity contribution in [3.05, 3.63) is 11.9 Å². The monoisotopic (exact) mass is 250 g/mol. The lowest BCUT2D eigenvalue weighted by Crippen LogP contribution is -2.35. The van der Waals surface area contributed by atoms with Gasteiger partial charge < -0.3 is 10.6 Å². The Labute approximate surface area is 108 Å². The van der Waals surface area contributed by atoms with Gasteiger partial charge in [0.15, 0.2) is 0 Å². The van der Waals surface area contributed by atoms with Crippen LogP contribution in [0, 0.1) is 0 Å². The van der Waals surface area contributed by atoms with Crippen molar-refractivity contribution >= 4 is 11.6 Å². The van der Waals surface area contributed by atoms with E-state index in [0.717, 1.165) is 32.2 Å². The number of hydrogen-bond donors (Lipinski definition) is 1. The van der Waals surface area contributed by atoms with Crippen molar-refractivity contribution in [3.63, 3.8) is 0 Å². The largest absolute Gasteiger partial charge is 0.396 e. The van der Waals surface area contributed by atoms with E-state index in [4.69, 9.17) is 5.73 Å². The Morgan fingerprint density at radius 1 is 1.56 bits per heavy atom. The highest BCUT2D eigenvalue weighted by atomic mass is 16.2. The number of nitrogens with zero attached hydrogens (tertiary/aromatic N) is 3. The summed E-state index contributed by atoms with van der Waals surface area (Å²) < 4.78 is 1.69. The number of nitrogens with two attached hydrogens (primary N) is 1. The van der Waals surface area contributed by atoms with E-state index in [1.165, 1.54) is 0 Å². The van der Waals surface area contributed by atoms with Gasteiger partial charge in [0.25, 0.3) is 5.91 Å². The van der Waals surface area contributed by atoms with Gasteiger partial charge in [-0.1, -0.05) is 13.3 Å². The molecule has 1 aromatic rings. The first kappa shape index (κ1) is 12.9. The summed E-state index contributed by atoms with van der Waals surface area (Å²) >= 11 is 0. The van der Waals surface area contributed by atoms with Gasteiger partial charge in [-0.2, -0.15) is 5.10 Å². The topological polar surface area (TPSA) is 64.2 Å². The molecule has 18 heavy (non-hydrogen) atoms. The van der Waals surface area contributed by atoms with Gasteiger partial charge in [-0.25, -0.2) is 0 Å². The fraction of sp³-hybridized carbons (Fsp3) is 0.692. The van der Waals surface area contributed by atoms with Crippen LogP contribution in [0.25, 0.3) is 0 Å². The van der Waals surface area contributed by atoms with Crippen LogP contribution in [0.5, 0.6) is 0 Å². The summed E-state index contributed by atoms with van der Waals surface area (Å²) in [6, 6.07) is 0.420. The van der Waals surface area contributed by atoms with Crippen LogP contribution < -0.4 is 5.73 Å². The summed E-state index contributed by atoms with van der Waals surface area (Å²) in [5.74, 6) is 0.0443. The molecule has 5 heteroatoms. The molecule has 2 N–H and O–H groups in total. The molecule has 1 aromatic heterocycles. The number of hydrogen-bond acceptors (Lipinski definition) is 3. The van der Waals surface area contributed by atoms with Crippen LogP contribution in [0.2, 0.25) is 0 Å². The molecule has 2 rings (SSSR count). The van der Waals surface area contributed by atoms with E-state index in [0.29, 0.717) is 24.0 Å². The van der Waals surface area contributed by atoms with Crippen molar-refractivity contribution in [1.82, 2.24) is 14.7 Å². The quantitative estimate of drug-likeness (QED) is 0.838. The number of unbranched alkanes of at least 4 members (excludes halogenated alkanes) is 1. The maximum atomic E-state index is 12.6. The zero-order valence-corrected chi connectivity index (χ0v) is 11.2.